The van der Waals surface area contributed by atoms with Crippen molar-refractivity contribution in [2.75, 3.05) is 0 Å². The lowest BCUT2D eigenvalue weighted by molar-refractivity contribution is -0.133. The average molecular weight is 228 g/mol. The Bertz CT molecular complexity index is 327. The van der Waals surface area contributed by atoms with Crippen molar-refractivity contribution in [3.05, 3.63) is 23.5 Å². The van der Waals surface area contributed by atoms with Crippen LogP contribution >= 0.6 is 0 Å². The van der Waals surface area contributed by atoms with E-state index in [0.717, 1.165) is 0 Å². The smallest absolute Gasteiger partial charge is 0.339 e. The Hall–Kier alpha value is -1.17. The fraction of sp³-hybridized carbons (Fsp3) is 0.545. The molecule has 1 heterocycles. The summed E-state index contributed by atoms with van der Waals surface area (Å²) in [6.07, 6.45) is 0.296. The molecule has 1 aliphatic heterocycles. The van der Waals surface area contributed by atoms with E-state index in [-0.39, 0.29) is 12.2 Å². The highest BCUT2D eigenvalue weighted by Gasteiger charge is 2.23. The van der Waals surface area contributed by atoms with E-state index in [1.807, 2.05) is 0 Å². The quantitative estimate of drug-likeness (QED) is 0.583. The molecule has 0 aromatic carbocycles. The summed E-state index contributed by atoms with van der Waals surface area (Å²) in [6, 6.07) is 0. The van der Waals surface area contributed by atoms with E-state index in [0.29, 0.717) is 5.57 Å². The molecule has 0 saturated carbocycles. The standard InChI is InChI=1S/C11H16O5/c1-6(12)3-8-4-9(16-11(8)15)5-10(14)7(2)13/h4-7,10,12-14H,3H2,1-2H3/b9-5+/t6-,7-,10+/m0/s1. The van der Waals surface area contributed by atoms with E-state index in [4.69, 9.17) is 14.9 Å². The van der Waals surface area contributed by atoms with Crippen LogP contribution < -0.4 is 0 Å². The lowest BCUT2D eigenvalue weighted by Crippen LogP contribution is -2.20. The zero-order chi connectivity index (χ0) is 12.3. The summed E-state index contributed by atoms with van der Waals surface area (Å²) in [7, 11) is 0. The predicted molar refractivity (Wildman–Crippen MR) is 56.2 cm³/mol. The molecule has 0 saturated heterocycles. The molecular formula is C11H16O5. The number of rotatable bonds is 4. The van der Waals surface area contributed by atoms with Crippen LogP contribution in [0.15, 0.2) is 23.5 Å². The molecule has 0 aromatic rings. The van der Waals surface area contributed by atoms with Crippen LogP contribution in [-0.2, 0) is 9.53 Å². The second-order valence-electron chi connectivity index (χ2n) is 3.91. The van der Waals surface area contributed by atoms with Crippen molar-refractivity contribution in [3.63, 3.8) is 0 Å². The molecule has 0 unspecified atom stereocenters. The van der Waals surface area contributed by atoms with E-state index in [1.165, 1.54) is 19.1 Å². The van der Waals surface area contributed by atoms with E-state index in [9.17, 15) is 9.90 Å². The van der Waals surface area contributed by atoms with Crippen LogP contribution in [-0.4, -0.2) is 39.6 Å². The Morgan fingerprint density at radius 2 is 2.00 bits per heavy atom. The molecule has 0 fully saturated rings. The number of allylic oxidation sites excluding steroid dienone is 1. The number of esters is 1. The molecule has 3 N–H and O–H groups in total. The molecule has 0 aliphatic carbocycles. The van der Waals surface area contributed by atoms with Crippen LogP contribution in [0, 0.1) is 0 Å². The zero-order valence-corrected chi connectivity index (χ0v) is 9.25. The van der Waals surface area contributed by atoms with Crippen LogP contribution in [0.1, 0.15) is 20.3 Å². The first-order valence-corrected chi connectivity index (χ1v) is 5.09. The molecule has 16 heavy (non-hydrogen) atoms. The molecule has 1 aliphatic rings. The van der Waals surface area contributed by atoms with Crippen LogP contribution in [0.5, 0.6) is 0 Å². The highest BCUT2D eigenvalue weighted by Crippen LogP contribution is 2.21. The van der Waals surface area contributed by atoms with Gasteiger partial charge < -0.3 is 20.1 Å². The monoisotopic (exact) mass is 228 g/mol. The van der Waals surface area contributed by atoms with Gasteiger partial charge in [-0.1, -0.05) is 0 Å². The van der Waals surface area contributed by atoms with Gasteiger partial charge in [0, 0.05) is 12.0 Å². The topological polar surface area (TPSA) is 87.0 Å². The molecule has 90 valence electrons. The van der Waals surface area contributed by atoms with E-state index >= 15 is 0 Å². The van der Waals surface area contributed by atoms with Crippen LogP contribution in [0.25, 0.3) is 0 Å². The van der Waals surface area contributed by atoms with Gasteiger partial charge in [0.1, 0.15) is 11.9 Å². The van der Waals surface area contributed by atoms with Gasteiger partial charge in [0.05, 0.1) is 12.2 Å². The molecule has 3 atom stereocenters. The number of ether oxygens (including phenoxy) is 1. The average Bonchev–Trinajstić information content (AvgIpc) is 2.45. The zero-order valence-electron chi connectivity index (χ0n) is 9.25. The molecular weight excluding hydrogens is 212 g/mol. The number of hydrogen-bond donors (Lipinski definition) is 3. The normalized spacial score (nSPS) is 23.9. The number of aliphatic hydroxyl groups excluding tert-OH is 3. The third kappa shape index (κ3) is 3.44. The maximum Gasteiger partial charge on any atom is 0.339 e. The Morgan fingerprint density at radius 1 is 1.38 bits per heavy atom. The molecule has 0 radical (unpaired) electrons. The van der Waals surface area contributed by atoms with Crippen LogP contribution in [0.3, 0.4) is 0 Å². The van der Waals surface area contributed by atoms with E-state index in [2.05, 4.69) is 0 Å². The van der Waals surface area contributed by atoms with Crippen molar-refractivity contribution in [2.45, 2.75) is 38.6 Å². The summed E-state index contributed by atoms with van der Waals surface area (Å²) >= 11 is 0. The molecule has 5 heteroatoms. The minimum absolute atomic E-state index is 0.203. The van der Waals surface area contributed by atoms with Gasteiger partial charge in [-0.15, -0.1) is 0 Å². The van der Waals surface area contributed by atoms with Gasteiger partial charge >= 0.3 is 5.97 Å². The van der Waals surface area contributed by atoms with Gasteiger partial charge in [0.15, 0.2) is 0 Å². The van der Waals surface area contributed by atoms with Gasteiger partial charge in [0.25, 0.3) is 0 Å². The van der Waals surface area contributed by atoms with Crippen molar-refractivity contribution in [2.24, 2.45) is 0 Å². The summed E-state index contributed by atoms with van der Waals surface area (Å²) in [5.74, 6) is -0.320. The Morgan fingerprint density at radius 3 is 2.50 bits per heavy atom. The number of aliphatic hydroxyl groups is 3. The molecule has 0 amide bonds. The number of carbonyl (C=O) groups excluding carboxylic acids is 1. The SMILES string of the molecule is C[C@H](O)CC1=C/C(=C\[C@@H](O)[C@H](C)O)OC1=O. The van der Waals surface area contributed by atoms with Crippen LogP contribution in [0.4, 0.5) is 0 Å². The highest BCUT2D eigenvalue weighted by atomic mass is 16.5. The number of carbonyl (C=O) groups is 1. The van der Waals surface area contributed by atoms with Gasteiger partial charge in [-0.2, -0.15) is 0 Å². The lowest BCUT2D eigenvalue weighted by atomic mass is 10.1. The molecule has 0 aromatic heterocycles. The highest BCUT2D eigenvalue weighted by molar-refractivity contribution is 5.92. The van der Waals surface area contributed by atoms with Gasteiger partial charge in [-0.05, 0) is 26.0 Å². The van der Waals surface area contributed by atoms with Gasteiger partial charge in [-0.3, -0.25) is 0 Å². The maximum atomic E-state index is 11.3. The Labute approximate surface area is 93.7 Å². The first-order chi connectivity index (χ1) is 7.40. The predicted octanol–water partition coefficient (Wildman–Crippen LogP) is -0.134. The van der Waals surface area contributed by atoms with Crippen molar-refractivity contribution >= 4 is 5.97 Å². The minimum atomic E-state index is -1.08. The van der Waals surface area contributed by atoms with Crippen molar-refractivity contribution < 1.29 is 24.9 Å². The first kappa shape index (κ1) is 12.9. The van der Waals surface area contributed by atoms with Gasteiger partial charge in [-0.25, -0.2) is 4.79 Å². The second-order valence-corrected chi connectivity index (χ2v) is 3.91. The molecule has 5 nitrogen and oxygen atoms in total. The number of hydrogen-bond acceptors (Lipinski definition) is 5. The molecule has 0 spiro atoms. The van der Waals surface area contributed by atoms with Crippen LogP contribution in [0.2, 0.25) is 0 Å². The fourth-order valence-electron chi connectivity index (χ4n) is 1.28. The second kappa shape index (κ2) is 5.25. The minimum Gasteiger partial charge on any atom is -0.423 e. The summed E-state index contributed by atoms with van der Waals surface area (Å²) in [6.45, 7) is 3.00. The summed E-state index contributed by atoms with van der Waals surface area (Å²) in [5, 5.41) is 27.5. The Kier molecular flexibility index (Phi) is 4.23. The summed E-state index contributed by atoms with van der Waals surface area (Å²) in [4.78, 5) is 11.3. The first-order valence-electron chi connectivity index (χ1n) is 5.09. The largest absolute Gasteiger partial charge is 0.423 e. The van der Waals surface area contributed by atoms with Crippen molar-refractivity contribution in [1.82, 2.24) is 0 Å². The van der Waals surface area contributed by atoms with Gasteiger partial charge in [0.2, 0.25) is 0 Å². The van der Waals surface area contributed by atoms with E-state index in [1.54, 1.807) is 6.92 Å². The molecule has 1 rings (SSSR count). The third-order valence-corrected chi connectivity index (χ3v) is 2.13. The van der Waals surface area contributed by atoms with Crippen molar-refractivity contribution in [1.29, 1.82) is 0 Å². The molecule has 0 bridgehead atoms. The van der Waals surface area contributed by atoms with Crippen molar-refractivity contribution in [3.8, 4) is 0 Å². The summed E-state index contributed by atoms with van der Waals surface area (Å²) < 4.78 is 4.84. The lowest BCUT2D eigenvalue weighted by Gasteiger charge is -2.08. The third-order valence-electron chi connectivity index (χ3n) is 2.13. The van der Waals surface area contributed by atoms with E-state index < -0.39 is 24.3 Å². The fourth-order valence-corrected chi connectivity index (χ4v) is 1.28. The number of cyclic esters (lactones) is 1. The maximum absolute atomic E-state index is 11.3. The Balaban J connectivity index is 2.73. The summed E-state index contributed by atoms with van der Waals surface area (Å²) in [5.41, 5.74) is 0.360.